The molecule has 2 saturated heterocycles. The van der Waals surface area contributed by atoms with Crippen LogP contribution in [0.5, 0.6) is 5.75 Å². The van der Waals surface area contributed by atoms with Crippen molar-refractivity contribution in [3.05, 3.63) is 65.9 Å². The Morgan fingerprint density at radius 2 is 1.27 bits per heavy atom. The van der Waals surface area contributed by atoms with Gasteiger partial charge in [0, 0.05) is 43.0 Å². The Morgan fingerprint density at radius 3 is 1.86 bits per heavy atom. The molecule has 10 atom stereocenters. The van der Waals surface area contributed by atoms with Crippen LogP contribution in [0, 0.1) is 17.8 Å². The highest BCUT2D eigenvalue weighted by atomic mass is 16.4. The lowest BCUT2D eigenvalue weighted by atomic mass is 9.96. The Hall–Kier alpha value is -8.09. The molecule has 2 aliphatic rings. The van der Waals surface area contributed by atoms with Crippen molar-refractivity contribution >= 4 is 76.0 Å². The van der Waals surface area contributed by atoms with Gasteiger partial charge in [0.15, 0.2) is 0 Å². The highest BCUT2D eigenvalue weighted by molar-refractivity contribution is 5.99. The predicted molar refractivity (Wildman–Crippen MR) is 295 cm³/mol. The first-order valence-corrected chi connectivity index (χ1v) is 27.5. The van der Waals surface area contributed by atoms with E-state index < -0.39 is 144 Å². The molecule has 0 aliphatic carbocycles. The Bertz CT molecular complexity index is 2770. The van der Waals surface area contributed by atoms with Gasteiger partial charge in [-0.25, -0.2) is 0 Å². The van der Waals surface area contributed by atoms with Crippen LogP contribution in [0.2, 0.25) is 0 Å². The average molecular weight is 1130 g/mol. The van der Waals surface area contributed by atoms with Gasteiger partial charge in [0.2, 0.25) is 53.2 Å². The van der Waals surface area contributed by atoms with Gasteiger partial charge < -0.3 is 73.1 Å². The average Bonchev–Trinajstić information content (AvgIpc) is 4.30. The number of rotatable bonds is 28. The van der Waals surface area contributed by atoms with Gasteiger partial charge in [-0.15, -0.1) is 0 Å². The highest BCUT2D eigenvalue weighted by Crippen LogP contribution is 2.25. The van der Waals surface area contributed by atoms with Crippen molar-refractivity contribution in [2.75, 3.05) is 19.6 Å². The smallest absolute Gasteiger partial charge is 0.325 e. The van der Waals surface area contributed by atoms with Gasteiger partial charge in [0.05, 0.1) is 19.0 Å². The molecule has 3 aromatic rings. The van der Waals surface area contributed by atoms with Gasteiger partial charge in [-0.2, -0.15) is 0 Å². The van der Waals surface area contributed by atoms with Crippen LogP contribution in [0.1, 0.15) is 105 Å². The topological polar surface area (TPSA) is 381 Å². The molecule has 2 aliphatic heterocycles. The van der Waals surface area contributed by atoms with Gasteiger partial charge in [0.25, 0.3) is 0 Å². The highest BCUT2D eigenvalue weighted by Gasteiger charge is 2.42. The van der Waals surface area contributed by atoms with Crippen LogP contribution in [-0.4, -0.2) is 169 Å². The fraction of sp³-hybridized carbons (Fsp3) is 0.554. The van der Waals surface area contributed by atoms with Gasteiger partial charge in [-0.3, -0.25) is 52.7 Å². The summed E-state index contributed by atoms with van der Waals surface area (Å²) in [4.78, 5) is 155. The summed E-state index contributed by atoms with van der Waals surface area (Å²) in [6, 6.07) is 1.78. The fourth-order valence-electron chi connectivity index (χ4n) is 9.98. The number of aliphatic carboxylic acids is 2. The first-order chi connectivity index (χ1) is 38.3. The van der Waals surface area contributed by atoms with E-state index in [0.29, 0.717) is 36.8 Å². The number of aromatic hydroxyl groups is 1. The molecular formula is C56H79N11O14. The van der Waals surface area contributed by atoms with E-state index in [1.54, 1.807) is 40.0 Å². The van der Waals surface area contributed by atoms with Crippen molar-refractivity contribution in [2.45, 2.75) is 161 Å². The van der Waals surface area contributed by atoms with Gasteiger partial charge in [0.1, 0.15) is 54.1 Å². The van der Waals surface area contributed by atoms with E-state index in [9.17, 15) is 68.1 Å². The number of hydrogen-bond donors (Lipinski definition) is 12. The number of likely N-dealkylation sites (tertiary alicyclic amines) is 2. The number of aromatic amines is 1. The maximum Gasteiger partial charge on any atom is 0.325 e. The molecule has 13 N–H and O–H groups in total. The minimum atomic E-state index is -1.70. The molecule has 81 heavy (non-hydrogen) atoms. The minimum Gasteiger partial charge on any atom is -0.508 e. The van der Waals surface area contributed by atoms with E-state index in [1.165, 1.54) is 41.0 Å². The number of phenols is 1. The number of carboxylic acid groups (broad SMARTS) is 2. The second kappa shape index (κ2) is 29.4. The number of amides is 9. The van der Waals surface area contributed by atoms with Gasteiger partial charge in [-0.1, -0.05) is 78.3 Å². The zero-order valence-corrected chi connectivity index (χ0v) is 46.9. The summed E-state index contributed by atoms with van der Waals surface area (Å²) < 4.78 is 0. The molecule has 2 fully saturated rings. The van der Waals surface area contributed by atoms with Crippen molar-refractivity contribution in [1.82, 2.24) is 52.0 Å². The van der Waals surface area contributed by atoms with Crippen molar-refractivity contribution in [1.29, 1.82) is 0 Å². The number of para-hydroxylation sites is 1. The molecule has 25 nitrogen and oxygen atoms in total. The van der Waals surface area contributed by atoms with Crippen LogP contribution in [0.3, 0.4) is 0 Å². The molecular weight excluding hydrogens is 1050 g/mol. The second-order valence-corrected chi connectivity index (χ2v) is 21.8. The number of H-pyrrole nitrogens is 1. The Labute approximate surface area is 470 Å². The lowest BCUT2D eigenvalue weighted by Crippen LogP contribution is -2.60. The molecule has 1 aromatic heterocycles. The molecule has 442 valence electrons. The second-order valence-electron chi connectivity index (χ2n) is 21.8. The summed E-state index contributed by atoms with van der Waals surface area (Å²) in [6.07, 6.45) is 2.51. The van der Waals surface area contributed by atoms with Crippen LogP contribution < -0.4 is 43.0 Å². The molecule has 0 saturated carbocycles. The summed E-state index contributed by atoms with van der Waals surface area (Å²) in [6.45, 7) is 11.4. The zero-order chi connectivity index (χ0) is 59.8. The molecule has 0 spiro atoms. The lowest BCUT2D eigenvalue weighted by molar-refractivity contribution is -0.143. The number of fused-ring (bicyclic) bond motifs is 1. The largest absolute Gasteiger partial charge is 0.508 e. The summed E-state index contributed by atoms with van der Waals surface area (Å²) in [5.74, 6) is -10.7. The first-order valence-electron chi connectivity index (χ1n) is 27.5. The Kier molecular flexibility index (Phi) is 23.1. The minimum absolute atomic E-state index is 0.0669. The Morgan fingerprint density at radius 1 is 0.667 bits per heavy atom. The maximum absolute atomic E-state index is 14.7. The number of carbonyl (C=O) groups is 11. The van der Waals surface area contributed by atoms with Crippen LogP contribution in [0.15, 0.2) is 54.7 Å². The molecule has 0 bridgehead atoms. The normalized spacial score (nSPS) is 18.1. The van der Waals surface area contributed by atoms with E-state index in [4.69, 9.17) is 5.73 Å². The van der Waals surface area contributed by atoms with Crippen LogP contribution in [0.25, 0.3) is 10.9 Å². The summed E-state index contributed by atoms with van der Waals surface area (Å²) in [5.41, 5.74) is 8.01. The molecule has 0 unspecified atom stereocenters. The number of hydrogen-bond acceptors (Lipinski definition) is 13. The number of aromatic nitrogens is 1. The number of nitrogens with two attached hydrogens (primary N) is 1. The van der Waals surface area contributed by atoms with E-state index in [2.05, 4.69) is 42.2 Å². The van der Waals surface area contributed by atoms with Crippen molar-refractivity contribution in [2.24, 2.45) is 23.5 Å². The van der Waals surface area contributed by atoms with Crippen LogP contribution >= 0.6 is 0 Å². The summed E-state index contributed by atoms with van der Waals surface area (Å²) in [7, 11) is 0. The summed E-state index contributed by atoms with van der Waals surface area (Å²) in [5, 5.41) is 48.0. The number of benzene rings is 2. The van der Waals surface area contributed by atoms with Crippen molar-refractivity contribution in [3.8, 4) is 5.75 Å². The number of nitrogens with zero attached hydrogens (tertiary/aromatic N) is 2. The summed E-state index contributed by atoms with van der Waals surface area (Å²) >= 11 is 0. The van der Waals surface area contributed by atoms with Crippen molar-refractivity contribution < 1.29 is 68.1 Å². The third-order valence-corrected chi connectivity index (χ3v) is 14.7. The monoisotopic (exact) mass is 1130 g/mol. The standard InChI is InChI=1S/C56H79N11O14/c1-8-31(6)47(65-49(73)40(26-45(70)71)62-50(74)42-15-11-21-66(42)54(78)37(57)23-29(2)3)53(77)63-39(24-33-17-19-35(68)20-18-33)48(72)59-28-44(69)61-41(25-34-27-58-38-14-10-9-13-36(34)38)55(79)67-22-12-16-43(67)51(75)64-46(30(4)5)52(76)60-32(7)56(80)81/h9-10,13-14,17-20,27,29-32,37,39-43,46-47,58,68H,8,11-12,15-16,21-26,28,57H2,1-7H3,(H,59,72)(H,60,76)(H,61,69)(H,62,74)(H,63,77)(H,64,75)(H,65,73)(H,70,71)(H,80,81)/t31-,32-,37-,39-,40-,41-,42-,43-,46-,47-/m0/s1. The number of nitrogens with one attached hydrogen (secondary N) is 8. The molecule has 5 rings (SSSR count). The van der Waals surface area contributed by atoms with Crippen LogP contribution in [-0.2, 0) is 65.6 Å². The number of carboxylic acids is 2. The van der Waals surface area contributed by atoms with E-state index >= 15 is 0 Å². The predicted octanol–water partition coefficient (Wildman–Crippen LogP) is 0.320. The maximum atomic E-state index is 14.7. The fourth-order valence-corrected chi connectivity index (χ4v) is 9.98. The SMILES string of the molecule is CC[C@H](C)[C@H](NC(=O)[C@H](CC(=O)O)NC(=O)[C@@H]1CCCN1C(=O)[C@@H](N)CC(C)C)C(=O)N[C@@H](Cc1ccc(O)cc1)C(=O)NCC(=O)N[C@@H](Cc1c[nH]c2ccccc12)C(=O)N1CCC[C@H]1C(=O)N[C@H](C(=O)N[C@@H](C)C(=O)O)C(C)C. The third kappa shape index (κ3) is 17.7. The molecule has 2 aromatic carbocycles. The van der Waals surface area contributed by atoms with E-state index in [1.807, 2.05) is 32.0 Å². The molecule has 25 heteroatoms. The van der Waals surface area contributed by atoms with Gasteiger partial charge in [-0.05, 0) is 86.1 Å². The van der Waals surface area contributed by atoms with Gasteiger partial charge >= 0.3 is 11.9 Å². The zero-order valence-electron chi connectivity index (χ0n) is 46.9. The quantitative estimate of drug-likeness (QED) is 0.0466. The van der Waals surface area contributed by atoms with Crippen LogP contribution in [0.4, 0.5) is 0 Å². The lowest BCUT2D eigenvalue weighted by Gasteiger charge is -2.31. The molecule has 3 heterocycles. The third-order valence-electron chi connectivity index (χ3n) is 14.7. The first kappa shape index (κ1) is 63.7. The Balaban J connectivity index is 1.34. The number of phenolic OH excluding ortho intramolecular Hbond substituents is 1. The molecule has 9 amide bonds. The number of carbonyl (C=O) groups excluding carboxylic acids is 9. The molecule has 0 radical (unpaired) electrons. The van der Waals surface area contributed by atoms with E-state index in [0.717, 1.165) is 10.9 Å². The van der Waals surface area contributed by atoms with Crippen molar-refractivity contribution in [3.63, 3.8) is 0 Å². The van der Waals surface area contributed by atoms with E-state index in [-0.39, 0.29) is 50.4 Å².